The zero-order chi connectivity index (χ0) is 21.3. The molecule has 9 heteroatoms. The van der Waals surface area contributed by atoms with Gasteiger partial charge in [-0.1, -0.05) is 0 Å². The lowest BCUT2D eigenvalue weighted by molar-refractivity contribution is -0.137. The molecule has 0 atom stereocenters. The van der Waals surface area contributed by atoms with E-state index in [2.05, 4.69) is 15.3 Å². The molecule has 3 aromatic rings. The number of hydrogen-bond donors (Lipinski definition) is 1. The lowest BCUT2D eigenvalue weighted by Gasteiger charge is -2.32. The van der Waals surface area contributed by atoms with E-state index < -0.39 is 11.7 Å². The topological polar surface area (TPSA) is 63.1 Å². The summed E-state index contributed by atoms with van der Waals surface area (Å²) in [6.45, 7) is 1.74. The summed E-state index contributed by atoms with van der Waals surface area (Å²) in [5, 5.41) is 3.43. The van der Waals surface area contributed by atoms with Crippen LogP contribution < -0.4 is 5.32 Å². The molecular formula is C21H22F3N5O. The predicted octanol–water partition coefficient (Wildman–Crippen LogP) is 3.38. The number of alkyl halides is 3. The maximum Gasteiger partial charge on any atom is 0.416 e. The zero-order valence-corrected chi connectivity index (χ0v) is 16.5. The molecule has 2 aromatic heterocycles. The largest absolute Gasteiger partial charge is 0.416 e. The van der Waals surface area contributed by atoms with Gasteiger partial charge in [-0.05, 0) is 43.2 Å². The summed E-state index contributed by atoms with van der Waals surface area (Å²) in [6, 6.07) is 7.34. The number of fused-ring (bicyclic) bond motifs is 1. The average Bonchev–Trinajstić information content (AvgIpc) is 3.07. The van der Waals surface area contributed by atoms with E-state index in [1.807, 2.05) is 9.47 Å². The van der Waals surface area contributed by atoms with Gasteiger partial charge in [-0.3, -0.25) is 9.78 Å². The summed E-state index contributed by atoms with van der Waals surface area (Å²) in [5.74, 6) is 0.663. The Balaban J connectivity index is 1.36. The minimum Gasteiger partial charge on any atom is -0.338 e. The molecule has 6 nitrogen and oxygen atoms in total. The second-order valence-corrected chi connectivity index (χ2v) is 7.48. The molecule has 0 aliphatic carbocycles. The molecule has 1 saturated heterocycles. The molecule has 1 aromatic carbocycles. The molecule has 1 amide bonds. The molecule has 0 saturated carbocycles. The van der Waals surface area contributed by atoms with Crippen LogP contribution in [0.3, 0.4) is 0 Å². The number of piperidine rings is 1. The van der Waals surface area contributed by atoms with Gasteiger partial charge in [-0.25, -0.2) is 4.98 Å². The monoisotopic (exact) mass is 417 g/mol. The number of halogens is 3. The fourth-order valence-electron chi connectivity index (χ4n) is 3.78. The quantitative estimate of drug-likeness (QED) is 0.707. The summed E-state index contributed by atoms with van der Waals surface area (Å²) in [5.41, 5.74) is 0.887. The molecule has 1 fully saturated rings. The molecule has 1 N–H and O–H groups in total. The molecule has 158 valence electrons. The van der Waals surface area contributed by atoms with E-state index in [0.717, 1.165) is 25.0 Å². The van der Waals surface area contributed by atoms with Crippen LogP contribution in [0.15, 0.2) is 42.7 Å². The summed E-state index contributed by atoms with van der Waals surface area (Å²) in [7, 11) is 1.80. The van der Waals surface area contributed by atoms with Gasteiger partial charge in [-0.15, -0.1) is 0 Å². The van der Waals surface area contributed by atoms with Crippen molar-refractivity contribution in [3.8, 4) is 0 Å². The van der Waals surface area contributed by atoms with Crippen molar-refractivity contribution < 1.29 is 18.0 Å². The number of carbonyl (C=O) groups excluding carboxylic acids is 1. The van der Waals surface area contributed by atoms with E-state index >= 15 is 0 Å². The van der Waals surface area contributed by atoms with Gasteiger partial charge < -0.3 is 14.8 Å². The van der Waals surface area contributed by atoms with Gasteiger partial charge in [-0.2, -0.15) is 13.2 Å². The normalized spacial score (nSPS) is 15.7. The summed E-state index contributed by atoms with van der Waals surface area (Å²) in [6.07, 6.45) is 0.425. The molecule has 0 bridgehead atoms. The molecule has 0 radical (unpaired) electrons. The van der Waals surface area contributed by atoms with Gasteiger partial charge in [0.1, 0.15) is 5.82 Å². The highest BCUT2D eigenvalue weighted by molar-refractivity contribution is 5.93. The minimum atomic E-state index is -4.38. The predicted molar refractivity (Wildman–Crippen MR) is 106 cm³/mol. The third-order valence-corrected chi connectivity index (χ3v) is 5.54. The number of nitrogens with one attached hydrogen (secondary N) is 1. The lowest BCUT2D eigenvalue weighted by Crippen LogP contribution is -2.44. The number of pyridine rings is 1. The lowest BCUT2D eigenvalue weighted by atomic mass is 10.0. The van der Waals surface area contributed by atoms with Crippen molar-refractivity contribution >= 4 is 16.9 Å². The molecule has 3 heterocycles. The van der Waals surface area contributed by atoms with Gasteiger partial charge in [0.05, 0.1) is 28.7 Å². The fourth-order valence-corrected chi connectivity index (χ4v) is 3.78. The van der Waals surface area contributed by atoms with Crippen LogP contribution in [-0.4, -0.2) is 44.5 Å². The number of imidazole rings is 1. The van der Waals surface area contributed by atoms with Crippen molar-refractivity contribution in [2.75, 3.05) is 13.1 Å². The number of likely N-dealkylation sites (tertiary alicyclic amines) is 1. The number of amides is 1. The first-order valence-electron chi connectivity index (χ1n) is 9.78. The van der Waals surface area contributed by atoms with Crippen molar-refractivity contribution in [2.45, 2.75) is 31.6 Å². The van der Waals surface area contributed by atoms with E-state index in [1.165, 1.54) is 6.07 Å². The van der Waals surface area contributed by atoms with Crippen LogP contribution in [-0.2, 0) is 19.8 Å². The molecular weight excluding hydrogens is 395 g/mol. The van der Waals surface area contributed by atoms with Gasteiger partial charge in [0, 0.05) is 38.6 Å². The van der Waals surface area contributed by atoms with Gasteiger partial charge in [0.15, 0.2) is 0 Å². The maximum atomic E-state index is 12.9. The van der Waals surface area contributed by atoms with Crippen molar-refractivity contribution in [1.29, 1.82) is 0 Å². The summed E-state index contributed by atoms with van der Waals surface area (Å²) < 4.78 is 40.6. The number of aromatic nitrogens is 3. The molecule has 1 aliphatic rings. The Labute approximate surface area is 171 Å². The van der Waals surface area contributed by atoms with E-state index in [0.29, 0.717) is 42.1 Å². The van der Waals surface area contributed by atoms with Crippen molar-refractivity contribution in [1.82, 2.24) is 24.8 Å². The first kappa shape index (κ1) is 20.3. The van der Waals surface area contributed by atoms with Crippen LogP contribution in [0.4, 0.5) is 13.2 Å². The van der Waals surface area contributed by atoms with Crippen molar-refractivity contribution in [2.24, 2.45) is 7.05 Å². The highest BCUT2D eigenvalue weighted by atomic mass is 19.4. The van der Waals surface area contributed by atoms with Gasteiger partial charge in [0.2, 0.25) is 0 Å². The third-order valence-electron chi connectivity index (χ3n) is 5.54. The highest BCUT2D eigenvalue weighted by Gasteiger charge is 2.31. The SMILES string of the molecule is Cn1c(CNC2CCN(C(=O)c3cccnc3)CC2)nc2cc(C(F)(F)F)ccc21. The van der Waals surface area contributed by atoms with Gasteiger partial charge in [0.25, 0.3) is 5.91 Å². The van der Waals surface area contributed by atoms with Crippen molar-refractivity contribution in [3.05, 3.63) is 59.7 Å². The van der Waals surface area contributed by atoms with Crippen LogP contribution in [0.25, 0.3) is 11.0 Å². The Hall–Kier alpha value is -2.94. The number of hydrogen-bond acceptors (Lipinski definition) is 4. The Morgan fingerprint density at radius 3 is 2.67 bits per heavy atom. The summed E-state index contributed by atoms with van der Waals surface area (Å²) in [4.78, 5) is 22.7. The standard InChI is InChI=1S/C21H22F3N5O/c1-28-18-5-4-15(21(22,23)24)11-17(18)27-19(28)13-26-16-6-9-29(10-7-16)20(30)14-3-2-8-25-12-14/h2-5,8,11-12,16,26H,6-7,9-10,13H2,1H3. The molecule has 30 heavy (non-hydrogen) atoms. The molecule has 0 unspecified atom stereocenters. The van der Waals surface area contributed by atoms with Crippen LogP contribution in [0.1, 0.15) is 34.6 Å². The number of benzene rings is 1. The van der Waals surface area contributed by atoms with Gasteiger partial charge >= 0.3 is 6.18 Å². The van der Waals surface area contributed by atoms with E-state index in [9.17, 15) is 18.0 Å². The number of carbonyl (C=O) groups is 1. The number of nitrogens with zero attached hydrogens (tertiary/aromatic N) is 4. The number of aryl methyl sites for hydroxylation is 1. The van der Waals surface area contributed by atoms with Crippen LogP contribution >= 0.6 is 0 Å². The first-order valence-corrected chi connectivity index (χ1v) is 9.78. The summed E-state index contributed by atoms with van der Waals surface area (Å²) >= 11 is 0. The minimum absolute atomic E-state index is 0.0163. The zero-order valence-electron chi connectivity index (χ0n) is 16.5. The van der Waals surface area contributed by atoms with E-state index in [4.69, 9.17) is 0 Å². The highest BCUT2D eigenvalue weighted by Crippen LogP contribution is 2.31. The van der Waals surface area contributed by atoms with Crippen LogP contribution in [0.5, 0.6) is 0 Å². The number of rotatable bonds is 4. The van der Waals surface area contributed by atoms with Crippen molar-refractivity contribution in [3.63, 3.8) is 0 Å². The second kappa shape index (κ2) is 8.06. The molecule has 4 rings (SSSR count). The Morgan fingerprint density at radius 1 is 1.23 bits per heavy atom. The third kappa shape index (κ3) is 4.16. The van der Waals surface area contributed by atoms with E-state index in [-0.39, 0.29) is 11.9 Å². The van der Waals surface area contributed by atoms with E-state index in [1.54, 1.807) is 31.6 Å². The average molecular weight is 417 g/mol. The molecule has 0 spiro atoms. The van der Waals surface area contributed by atoms with Crippen LogP contribution in [0, 0.1) is 0 Å². The first-order chi connectivity index (χ1) is 14.3. The second-order valence-electron chi connectivity index (χ2n) is 7.48. The van der Waals surface area contributed by atoms with Crippen LogP contribution in [0.2, 0.25) is 0 Å². The smallest absolute Gasteiger partial charge is 0.338 e. The Kier molecular flexibility index (Phi) is 5.46. The Morgan fingerprint density at radius 2 is 2.00 bits per heavy atom. The fraction of sp³-hybridized carbons (Fsp3) is 0.381. The maximum absolute atomic E-state index is 12.9. The molecule has 1 aliphatic heterocycles. The Bertz CT molecular complexity index is 1040.